The number of ether oxygens (including phenoxy) is 1. The van der Waals surface area contributed by atoms with Crippen molar-refractivity contribution in [3.8, 4) is 0 Å². The molecule has 3 atom stereocenters. The van der Waals surface area contributed by atoms with Crippen LogP contribution in [-0.4, -0.2) is 45.2 Å². The number of hydrogen-bond donors (Lipinski definition) is 1. The Bertz CT molecular complexity index is 558. The van der Waals surface area contributed by atoms with Crippen molar-refractivity contribution in [1.82, 2.24) is 14.9 Å². The number of halogens is 1. The highest BCUT2D eigenvalue weighted by atomic mass is 79.9. The molecule has 6 nitrogen and oxygen atoms in total. The number of carbonyl (C=O) groups is 1. The molecule has 2 fully saturated rings. The summed E-state index contributed by atoms with van der Waals surface area (Å²) in [5.41, 5.74) is -0.461. The number of aromatic nitrogens is 2. The number of hydrogen-bond acceptors (Lipinski definition) is 5. The van der Waals surface area contributed by atoms with Crippen molar-refractivity contribution in [3.05, 3.63) is 16.9 Å². The van der Waals surface area contributed by atoms with Gasteiger partial charge in [0.2, 0.25) is 5.95 Å². The molecule has 1 aromatic rings. The zero-order valence-corrected chi connectivity index (χ0v) is 14.6. The molecule has 1 aliphatic heterocycles. The van der Waals surface area contributed by atoms with E-state index in [2.05, 4.69) is 31.2 Å². The van der Waals surface area contributed by atoms with Crippen LogP contribution in [0.25, 0.3) is 0 Å². The van der Waals surface area contributed by atoms with E-state index in [-0.39, 0.29) is 12.1 Å². The van der Waals surface area contributed by atoms with Gasteiger partial charge in [-0.1, -0.05) is 0 Å². The Labute approximate surface area is 138 Å². The SMILES string of the molecule is CC(C)(C)OC(=O)N1[C@H](CNc2ncc(Br)cn2)C[C@@H]2C[C@@H]21. The number of fused-ring (bicyclic) bond motifs is 1. The summed E-state index contributed by atoms with van der Waals surface area (Å²) in [6, 6.07) is 0.498. The average molecular weight is 369 g/mol. The van der Waals surface area contributed by atoms with Gasteiger partial charge in [0.05, 0.1) is 10.5 Å². The summed E-state index contributed by atoms with van der Waals surface area (Å²) in [6.07, 6.45) is 5.32. The van der Waals surface area contributed by atoms with Gasteiger partial charge >= 0.3 is 6.09 Å². The second-order valence-corrected chi connectivity index (χ2v) is 7.86. The fourth-order valence-corrected chi connectivity index (χ4v) is 3.16. The first-order chi connectivity index (χ1) is 10.3. The first kappa shape index (κ1) is 15.5. The van der Waals surface area contributed by atoms with Crippen LogP contribution < -0.4 is 5.32 Å². The molecule has 0 radical (unpaired) electrons. The average Bonchev–Trinajstić information content (AvgIpc) is 3.07. The standard InChI is InChI=1S/C15H21BrN4O2/c1-15(2,3)22-14(21)20-11(4-9-5-12(9)20)8-19-13-17-6-10(16)7-18-13/h6-7,9,11-12H,4-5,8H2,1-3H3,(H,17,18,19)/t9-,11+,12+/m1/s1. The minimum absolute atomic E-state index is 0.144. The Morgan fingerprint density at radius 2 is 2.09 bits per heavy atom. The van der Waals surface area contributed by atoms with Crippen molar-refractivity contribution in [2.24, 2.45) is 5.92 Å². The zero-order valence-electron chi connectivity index (χ0n) is 13.0. The molecule has 0 bridgehead atoms. The normalized spacial score (nSPS) is 26.5. The highest BCUT2D eigenvalue weighted by Crippen LogP contribution is 2.48. The lowest BCUT2D eigenvalue weighted by atomic mass is 10.1. The zero-order chi connectivity index (χ0) is 15.9. The maximum atomic E-state index is 12.4. The number of piperidine rings is 1. The van der Waals surface area contributed by atoms with Crippen molar-refractivity contribution in [1.29, 1.82) is 0 Å². The molecule has 120 valence electrons. The molecule has 3 rings (SSSR count). The van der Waals surface area contributed by atoms with Crippen LogP contribution in [0.4, 0.5) is 10.7 Å². The fraction of sp³-hybridized carbons (Fsp3) is 0.667. The first-order valence-corrected chi connectivity index (χ1v) is 8.35. The Balaban J connectivity index is 1.60. The molecule has 1 aromatic heterocycles. The van der Waals surface area contributed by atoms with Crippen LogP contribution in [-0.2, 0) is 4.74 Å². The second-order valence-electron chi connectivity index (χ2n) is 6.95. The summed E-state index contributed by atoms with van der Waals surface area (Å²) >= 11 is 3.31. The highest BCUT2D eigenvalue weighted by molar-refractivity contribution is 9.10. The molecular weight excluding hydrogens is 348 g/mol. The van der Waals surface area contributed by atoms with Crippen LogP contribution in [0.1, 0.15) is 33.6 Å². The van der Waals surface area contributed by atoms with Crippen molar-refractivity contribution in [2.45, 2.75) is 51.3 Å². The number of rotatable bonds is 3. The predicted molar refractivity (Wildman–Crippen MR) is 86.6 cm³/mol. The summed E-state index contributed by atoms with van der Waals surface area (Å²) in [5.74, 6) is 1.21. The summed E-state index contributed by atoms with van der Waals surface area (Å²) in [7, 11) is 0. The number of anilines is 1. The molecular formula is C15H21BrN4O2. The summed E-state index contributed by atoms with van der Waals surface area (Å²) < 4.78 is 6.38. The lowest BCUT2D eigenvalue weighted by molar-refractivity contribution is 0.0194. The molecule has 7 heteroatoms. The molecule has 1 aliphatic carbocycles. The van der Waals surface area contributed by atoms with E-state index in [1.807, 2.05) is 25.7 Å². The summed E-state index contributed by atoms with van der Waals surface area (Å²) in [4.78, 5) is 22.7. The third-order valence-corrected chi connectivity index (χ3v) is 4.34. The second kappa shape index (κ2) is 5.68. The molecule has 2 aliphatic rings. The molecule has 22 heavy (non-hydrogen) atoms. The van der Waals surface area contributed by atoms with E-state index in [1.165, 1.54) is 0 Å². The van der Waals surface area contributed by atoms with Gasteiger partial charge in [0, 0.05) is 25.0 Å². The fourth-order valence-electron chi connectivity index (χ4n) is 2.95. The van der Waals surface area contributed by atoms with E-state index < -0.39 is 5.60 Å². The van der Waals surface area contributed by atoms with E-state index in [0.717, 1.165) is 17.3 Å². The Hall–Kier alpha value is -1.37. The van der Waals surface area contributed by atoms with Crippen molar-refractivity contribution >= 4 is 28.0 Å². The Morgan fingerprint density at radius 3 is 2.73 bits per heavy atom. The number of likely N-dealkylation sites (tertiary alicyclic amines) is 1. The van der Waals surface area contributed by atoms with Gasteiger partial charge in [-0.05, 0) is 55.5 Å². The Morgan fingerprint density at radius 1 is 1.41 bits per heavy atom. The van der Waals surface area contributed by atoms with Gasteiger partial charge in [-0.3, -0.25) is 0 Å². The first-order valence-electron chi connectivity index (χ1n) is 7.56. The van der Waals surface area contributed by atoms with Crippen molar-refractivity contribution in [2.75, 3.05) is 11.9 Å². The number of amides is 1. The molecule has 2 heterocycles. The smallest absolute Gasteiger partial charge is 0.410 e. The van der Waals surface area contributed by atoms with Crippen LogP contribution in [0.5, 0.6) is 0 Å². The quantitative estimate of drug-likeness (QED) is 0.887. The van der Waals surface area contributed by atoms with Gasteiger partial charge in [0.15, 0.2) is 0 Å². The number of nitrogens with one attached hydrogen (secondary N) is 1. The topological polar surface area (TPSA) is 67.3 Å². The van der Waals surface area contributed by atoms with Gasteiger partial charge in [-0.25, -0.2) is 14.8 Å². The predicted octanol–water partition coefficient (Wildman–Crippen LogP) is 3.05. The summed E-state index contributed by atoms with van der Waals surface area (Å²) in [6.45, 7) is 6.34. The third-order valence-electron chi connectivity index (χ3n) is 3.93. The maximum absolute atomic E-state index is 12.4. The van der Waals surface area contributed by atoms with Crippen LogP contribution in [0.3, 0.4) is 0 Å². The van der Waals surface area contributed by atoms with Crippen molar-refractivity contribution in [3.63, 3.8) is 0 Å². The molecule has 1 saturated carbocycles. The van der Waals surface area contributed by atoms with Crippen LogP contribution in [0.2, 0.25) is 0 Å². The molecule has 0 aromatic carbocycles. The minimum Gasteiger partial charge on any atom is -0.444 e. The molecule has 0 unspecified atom stereocenters. The van der Waals surface area contributed by atoms with E-state index in [1.54, 1.807) is 12.4 Å². The third kappa shape index (κ3) is 3.51. The maximum Gasteiger partial charge on any atom is 0.410 e. The van der Waals surface area contributed by atoms with Gasteiger partial charge < -0.3 is 15.0 Å². The van der Waals surface area contributed by atoms with Gasteiger partial charge in [0.25, 0.3) is 0 Å². The van der Waals surface area contributed by atoms with E-state index in [0.29, 0.717) is 24.5 Å². The largest absolute Gasteiger partial charge is 0.444 e. The van der Waals surface area contributed by atoms with Crippen LogP contribution >= 0.6 is 15.9 Å². The monoisotopic (exact) mass is 368 g/mol. The van der Waals surface area contributed by atoms with Gasteiger partial charge in [-0.2, -0.15) is 0 Å². The summed E-state index contributed by atoms with van der Waals surface area (Å²) in [5, 5.41) is 3.21. The molecule has 1 amide bonds. The Kier molecular flexibility index (Phi) is 4.01. The van der Waals surface area contributed by atoms with Gasteiger partial charge in [-0.15, -0.1) is 0 Å². The van der Waals surface area contributed by atoms with E-state index in [4.69, 9.17) is 4.74 Å². The molecule has 1 N–H and O–H groups in total. The van der Waals surface area contributed by atoms with E-state index >= 15 is 0 Å². The molecule has 1 saturated heterocycles. The highest BCUT2D eigenvalue weighted by Gasteiger charge is 2.54. The minimum atomic E-state index is -0.461. The lowest BCUT2D eigenvalue weighted by Crippen LogP contribution is -2.44. The number of nitrogens with zero attached hydrogens (tertiary/aromatic N) is 3. The molecule has 0 spiro atoms. The van der Waals surface area contributed by atoms with E-state index in [9.17, 15) is 4.79 Å². The van der Waals surface area contributed by atoms with Crippen LogP contribution in [0, 0.1) is 5.92 Å². The van der Waals surface area contributed by atoms with Crippen LogP contribution in [0.15, 0.2) is 16.9 Å². The number of carbonyl (C=O) groups excluding carboxylic acids is 1. The lowest BCUT2D eigenvalue weighted by Gasteiger charge is -2.30. The van der Waals surface area contributed by atoms with Crippen molar-refractivity contribution < 1.29 is 9.53 Å². The van der Waals surface area contributed by atoms with Gasteiger partial charge in [0.1, 0.15) is 5.60 Å².